The van der Waals surface area contributed by atoms with Crippen LogP contribution in [0.3, 0.4) is 0 Å². The molecular formula is C21H28N2O3S. The van der Waals surface area contributed by atoms with Crippen LogP contribution in [0.15, 0.2) is 47.4 Å². The van der Waals surface area contributed by atoms with E-state index in [2.05, 4.69) is 10.0 Å². The molecule has 1 amide bonds. The van der Waals surface area contributed by atoms with Gasteiger partial charge in [-0.1, -0.05) is 45.9 Å². The van der Waals surface area contributed by atoms with Crippen molar-refractivity contribution in [2.24, 2.45) is 5.92 Å². The number of benzene rings is 2. The molecule has 0 fully saturated rings. The van der Waals surface area contributed by atoms with Crippen molar-refractivity contribution in [2.75, 3.05) is 11.9 Å². The van der Waals surface area contributed by atoms with Gasteiger partial charge in [0.1, 0.15) is 0 Å². The molecule has 0 saturated heterocycles. The predicted octanol–water partition coefficient (Wildman–Crippen LogP) is 4.00. The van der Waals surface area contributed by atoms with Gasteiger partial charge in [0, 0.05) is 17.8 Å². The second-order valence-corrected chi connectivity index (χ2v) is 8.65. The molecule has 27 heavy (non-hydrogen) atoms. The molecule has 0 saturated carbocycles. The molecule has 0 spiro atoms. The Morgan fingerprint density at radius 1 is 0.963 bits per heavy atom. The molecule has 0 atom stereocenters. The van der Waals surface area contributed by atoms with E-state index in [1.807, 2.05) is 45.9 Å². The van der Waals surface area contributed by atoms with Crippen molar-refractivity contribution in [1.29, 1.82) is 0 Å². The zero-order valence-corrected chi connectivity index (χ0v) is 17.2. The standard InChI is InChI=1S/C21H28N2O3S/c1-5-16-8-7-9-17(6-2)20(16)23-21(24)18-10-12-19(13-11-18)27(25,26)22-14-15(3)4/h7-13,15,22H,5-6,14H2,1-4H3,(H,23,24). The molecule has 0 aliphatic rings. The summed E-state index contributed by atoms with van der Waals surface area (Å²) in [5, 5.41) is 2.99. The molecule has 2 aromatic carbocycles. The molecule has 0 aliphatic carbocycles. The highest BCUT2D eigenvalue weighted by atomic mass is 32.2. The van der Waals surface area contributed by atoms with E-state index in [0.29, 0.717) is 12.1 Å². The molecule has 5 nitrogen and oxygen atoms in total. The van der Waals surface area contributed by atoms with Crippen molar-refractivity contribution in [1.82, 2.24) is 4.72 Å². The monoisotopic (exact) mass is 388 g/mol. The van der Waals surface area contributed by atoms with Crippen LogP contribution in [0.4, 0.5) is 5.69 Å². The molecular weight excluding hydrogens is 360 g/mol. The molecule has 0 bridgehead atoms. The summed E-state index contributed by atoms with van der Waals surface area (Å²) in [5.41, 5.74) is 3.44. The van der Waals surface area contributed by atoms with Crippen molar-refractivity contribution in [3.05, 3.63) is 59.2 Å². The fourth-order valence-corrected chi connectivity index (χ4v) is 3.95. The second kappa shape index (κ2) is 9.15. The average Bonchev–Trinajstić information content (AvgIpc) is 2.66. The smallest absolute Gasteiger partial charge is 0.255 e. The van der Waals surface area contributed by atoms with E-state index in [4.69, 9.17) is 0 Å². The van der Waals surface area contributed by atoms with Crippen LogP contribution >= 0.6 is 0 Å². The Hall–Kier alpha value is -2.18. The lowest BCUT2D eigenvalue weighted by atomic mass is 10.0. The van der Waals surface area contributed by atoms with Gasteiger partial charge in [-0.25, -0.2) is 13.1 Å². The Bertz CT molecular complexity index is 866. The first kappa shape index (κ1) is 21.1. The number of carbonyl (C=O) groups is 1. The SMILES string of the molecule is CCc1cccc(CC)c1NC(=O)c1ccc(S(=O)(=O)NCC(C)C)cc1. The second-order valence-electron chi connectivity index (χ2n) is 6.88. The number of rotatable bonds is 8. The van der Waals surface area contributed by atoms with Crippen LogP contribution in [-0.2, 0) is 22.9 Å². The number of hydrogen-bond acceptors (Lipinski definition) is 3. The predicted molar refractivity (Wildman–Crippen MR) is 110 cm³/mol. The van der Waals surface area contributed by atoms with E-state index in [0.717, 1.165) is 29.7 Å². The molecule has 2 N–H and O–H groups in total. The lowest BCUT2D eigenvalue weighted by Crippen LogP contribution is -2.27. The number of carbonyl (C=O) groups excluding carboxylic acids is 1. The highest BCUT2D eigenvalue weighted by molar-refractivity contribution is 7.89. The Kier molecular flexibility index (Phi) is 7.16. The topological polar surface area (TPSA) is 75.3 Å². The molecule has 146 valence electrons. The number of nitrogens with one attached hydrogen (secondary N) is 2. The minimum Gasteiger partial charge on any atom is -0.321 e. The quantitative estimate of drug-likeness (QED) is 0.718. The van der Waals surface area contributed by atoms with Crippen molar-refractivity contribution < 1.29 is 13.2 Å². The van der Waals surface area contributed by atoms with Crippen molar-refractivity contribution in [3.8, 4) is 0 Å². The lowest BCUT2D eigenvalue weighted by molar-refractivity contribution is 0.102. The van der Waals surface area contributed by atoms with Crippen LogP contribution in [0.5, 0.6) is 0 Å². The van der Waals surface area contributed by atoms with Gasteiger partial charge in [-0.05, 0) is 54.2 Å². The number of anilines is 1. The number of hydrogen-bond donors (Lipinski definition) is 2. The first-order valence-electron chi connectivity index (χ1n) is 9.30. The summed E-state index contributed by atoms with van der Waals surface area (Å²) in [5.74, 6) is -0.0269. The van der Waals surface area contributed by atoms with Crippen LogP contribution < -0.4 is 10.0 Å². The number of amides is 1. The molecule has 0 heterocycles. The highest BCUT2D eigenvalue weighted by Gasteiger charge is 2.16. The van der Waals surface area contributed by atoms with Gasteiger partial charge in [-0.15, -0.1) is 0 Å². The van der Waals surface area contributed by atoms with E-state index in [1.165, 1.54) is 12.1 Å². The minimum atomic E-state index is -3.56. The van der Waals surface area contributed by atoms with Gasteiger partial charge in [0.15, 0.2) is 0 Å². The summed E-state index contributed by atoms with van der Waals surface area (Å²) >= 11 is 0. The fraction of sp³-hybridized carbons (Fsp3) is 0.381. The minimum absolute atomic E-state index is 0.155. The maximum absolute atomic E-state index is 12.7. The third-order valence-electron chi connectivity index (χ3n) is 4.35. The third-order valence-corrected chi connectivity index (χ3v) is 5.79. The molecule has 6 heteroatoms. The summed E-state index contributed by atoms with van der Waals surface area (Å²) in [4.78, 5) is 12.8. The molecule has 0 radical (unpaired) electrons. The summed E-state index contributed by atoms with van der Waals surface area (Å²) in [7, 11) is -3.56. The van der Waals surface area contributed by atoms with Gasteiger partial charge in [-0.3, -0.25) is 4.79 Å². The van der Waals surface area contributed by atoms with Crippen LogP contribution in [0.25, 0.3) is 0 Å². The Labute approximate surface area is 162 Å². The van der Waals surface area contributed by atoms with Gasteiger partial charge >= 0.3 is 0 Å². The van der Waals surface area contributed by atoms with Crippen molar-refractivity contribution in [2.45, 2.75) is 45.4 Å². The van der Waals surface area contributed by atoms with Crippen molar-refractivity contribution in [3.63, 3.8) is 0 Å². The van der Waals surface area contributed by atoms with Crippen LogP contribution in [0.1, 0.15) is 49.2 Å². The van der Waals surface area contributed by atoms with Gasteiger partial charge < -0.3 is 5.32 Å². The number of para-hydroxylation sites is 1. The molecule has 2 rings (SSSR count). The van der Waals surface area contributed by atoms with Gasteiger partial charge in [0.25, 0.3) is 5.91 Å². The molecule has 0 unspecified atom stereocenters. The maximum Gasteiger partial charge on any atom is 0.255 e. The van der Waals surface area contributed by atoms with Crippen LogP contribution in [0.2, 0.25) is 0 Å². The van der Waals surface area contributed by atoms with Gasteiger partial charge in [0.2, 0.25) is 10.0 Å². The molecule has 2 aromatic rings. The van der Waals surface area contributed by atoms with E-state index in [1.54, 1.807) is 12.1 Å². The molecule has 0 aliphatic heterocycles. The zero-order valence-electron chi connectivity index (χ0n) is 16.4. The van der Waals surface area contributed by atoms with E-state index in [9.17, 15) is 13.2 Å². The van der Waals surface area contributed by atoms with Crippen molar-refractivity contribution >= 4 is 21.6 Å². The maximum atomic E-state index is 12.7. The third kappa shape index (κ3) is 5.40. The summed E-state index contributed by atoms with van der Waals surface area (Å²) < 4.78 is 27.1. The highest BCUT2D eigenvalue weighted by Crippen LogP contribution is 2.23. The Morgan fingerprint density at radius 2 is 1.52 bits per heavy atom. The van der Waals surface area contributed by atoms with Gasteiger partial charge in [-0.2, -0.15) is 0 Å². The summed E-state index contributed by atoms with van der Waals surface area (Å²) in [6.07, 6.45) is 1.64. The van der Waals surface area contributed by atoms with Crippen LogP contribution in [0, 0.1) is 5.92 Å². The van der Waals surface area contributed by atoms with E-state index < -0.39 is 10.0 Å². The Morgan fingerprint density at radius 3 is 2.00 bits per heavy atom. The summed E-state index contributed by atoms with van der Waals surface area (Å²) in [6.45, 7) is 8.35. The lowest BCUT2D eigenvalue weighted by Gasteiger charge is -2.14. The first-order chi connectivity index (χ1) is 12.8. The summed E-state index contributed by atoms with van der Waals surface area (Å²) in [6, 6.07) is 12.0. The van der Waals surface area contributed by atoms with E-state index >= 15 is 0 Å². The van der Waals surface area contributed by atoms with Crippen LogP contribution in [-0.4, -0.2) is 20.9 Å². The van der Waals surface area contributed by atoms with E-state index in [-0.39, 0.29) is 16.7 Å². The zero-order chi connectivity index (χ0) is 20.0. The Balaban J connectivity index is 2.20. The number of sulfonamides is 1. The first-order valence-corrected chi connectivity index (χ1v) is 10.8. The fourth-order valence-electron chi connectivity index (χ4n) is 2.73. The largest absolute Gasteiger partial charge is 0.321 e. The molecule has 0 aromatic heterocycles. The van der Waals surface area contributed by atoms with Gasteiger partial charge in [0.05, 0.1) is 4.90 Å². The normalized spacial score (nSPS) is 11.6. The number of aryl methyl sites for hydroxylation is 2. The average molecular weight is 389 g/mol.